The van der Waals surface area contributed by atoms with Crippen LogP contribution in [0.1, 0.15) is 6.42 Å². The summed E-state index contributed by atoms with van der Waals surface area (Å²) in [5, 5.41) is 7.08. The van der Waals surface area contributed by atoms with Gasteiger partial charge in [-0.25, -0.2) is 17.8 Å². The van der Waals surface area contributed by atoms with Crippen LogP contribution in [0.15, 0.2) is 66.1 Å². The van der Waals surface area contributed by atoms with Crippen molar-refractivity contribution in [3.05, 3.63) is 61.2 Å². The molecule has 11 heteroatoms. The highest BCUT2D eigenvalue weighted by Crippen LogP contribution is 2.23. The Morgan fingerprint density at radius 3 is 2.77 bits per heavy atom. The molecular weight excluding hydrogens is 422 g/mol. The molecule has 1 saturated heterocycles. The summed E-state index contributed by atoms with van der Waals surface area (Å²) in [6, 6.07) is 9.81. The average molecular weight is 443 g/mol. The molecule has 1 fully saturated rings. The van der Waals surface area contributed by atoms with Crippen LogP contribution in [0.2, 0.25) is 0 Å². The number of pyridine rings is 1. The molecule has 1 aliphatic rings. The van der Waals surface area contributed by atoms with E-state index in [-0.39, 0.29) is 11.0 Å². The van der Waals surface area contributed by atoms with Crippen molar-refractivity contribution in [1.82, 2.24) is 24.8 Å². The highest BCUT2D eigenvalue weighted by molar-refractivity contribution is 7.90. The number of sulfonamides is 1. The van der Waals surface area contributed by atoms with E-state index in [2.05, 4.69) is 20.1 Å². The molecule has 4 rings (SSSR count). The number of methoxy groups -OCH3 is 1. The normalized spacial score (nSPS) is 18.5. The van der Waals surface area contributed by atoms with Crippen LogP contribution in [0.5, 0.6) is 11.5 Å². The van der Waals surface area contributed by atoms with Gasteiger partial charge in [0.1, 0.15) is 28.2 Å². The van der Waals surface area contributed by atoms with Gasteiger partial charge in [-0.05, 0) is 24.3 Å². The molecule has 0 unspecified atom stereocenters. The minimum Gasteiger partial charge on any atom is -0.494 e. The number of carbonyl (C=O) groups is 1. The van der Waals surface area contributed by atoms with Gasteiger partial charge in [-0.3, -0.25) is 9.78 Å². The lowest BCUT2D eigenvalue weighted by Gasteiger charge is -2.13. The highest BCUT2D eigenvalue weighted by atomic mass is 32.2. The fourth-order valence-electron chi connectivity index (χ4n) is 3.26. The summed E-state index contributed by atoms with van der Waals surface area (Å²) in [7, 11) is -2.58. The minimum atomic E-state index is -4.09. The fourth-order valence-corrected chi connectivity index (χ4v) is 4.21. The molecule has 1 amide bonds. The number of amides is 1. The molecule has 0 spiro atoms. The molecule has 31 heavy (non-hydrogen) atoms. The lowest BCUT2D eigenvalue weighted by Crippen LogP contribution is -2.43. The quantitative estimate of drug-likeness (QED) is 0.552. The van der Waals surface area contributed by atoms with Gasteiger partial charge in [0.25, 0.3) is 15.9 Å². The molecule has 1 aromatic carbocycles. The van der Waals surface area contributed by atoms with Crippen molar-refractivity contribution >= 4 is 15.9 Å². The van der Waals surface area contributed by atoms with Crippen molar-refractivity contribution in [2.45, 2.75) is 23.5 Å². The first kappa shape index (κ1) is 20.8. The Kier molecular flexibility index (Phi) is 5.87. The van der Waals surface area contributed by atoms with Crippen LogP contribution in [-0.2, 0) is 14.8 Å². The summed E-state index contributed by atoms with van der Waals surface area (Å²) in [6.07, 6.45) is 5.81. The van der Waals surface area contributed by atoms with E-state index < -0.39 is 22.0 Å². The number of carbonyl (C=O) groups excluding carboxylic acids is 1. The first-order valence-electron chi connectivity index (χ1n) is 9.51. The lowest BCUT2D eigenvalue weighted by molar-refractivity contribution is -0.121. The van der Waals surface area contributed by atoms with E-state index in [1.54, 1.807) is 48.8 Å². The summed E-state index contributed by atoms with van der Waals surface area (Å²) in [4.78, 5) is 16.3. The van der Waals surface area contributed by atoms with E-state index in [1.165, 1.54) is 24.2 Å². The van der Waals surface area contributed by atoms with E-state index in [0.717, 1.165) is 0 Å². The summed E-state index contributed by atoms with van der Waals surface area (Å²) < 4.78 is 39.9. The van der Waals surface area contributed by atoms with Crippen LogP contribution in [-0.4, -0.2) is 54.9 Å². The van der Waals surface area contributed by atoms with Crippen molar-refractivity contribution in [3.8, 4) is 17.2 Å². The zero-order valence-electron chi connectivity index (χ0n) is 16.6. The van der Waals surface area contributed by atoms with E-state index in [1.807, 2.05) is 0 Å². The number of nitrogens with zero attached hydrogens (tertiary/aromatic N) is 3. The van der Waals surface area contributed by atoms with Crippen LogP contribution < -0.4 is 19.5 Å². The Morgan fingerprint density at radius 1 is 1.23 bits per heavy atom. The molecule has 162 valence electrons. The Labute approximate surface area is 179 Å². The molecular formula is C20H21N5O5S. The molecule has 0 bridgehead atoms. The zero-order valence-corrected chi connectivity index (χ0v) is 17.5. The molecule has 1 aliphatic heterocycles. The van der Waals surface area contributed by atoms with E-state index >= 15 is 0 Å². The van der Waals surface area contributed by atoms with Crippen LogP contribution in [0.25, 0.3) is 5.69 Å². The Balaban J connectivity index is 1.41. The van der Waals surface area contributed by atoms with E-state index in [4.69, 9.17) is 9.47 Å². The standard InChI is InChI=1S/C20H21N5O5S/c1-29-19-5-3-2-4-18(19)25-13-16(12-23-25)31(27,28)24-20(26)17-10-15(11-22-17)30-14-6-8-21-9-7-14/h2-9,12-13,15,17,22H,10-11H2,1H3,(H,24,26)/t15-,17-/m0/s1. The second-order valence-corrected chi connectivity index (χ2v) is 8.56. The van der Waals surface area contributed by atoms with E-state index in [0.29, 0.717) is 30.2 Å². The zero-order chi connectivity index (χ0) is 21.8. The van der Waals surface area contributed by atoms with Gasteiger partial charge in [-0.1, -0.05) is 12.1 Å². The van der Waals surface area contributed by atoms with Crippen LogP contribution in [0.3, 0.4) is 0 Å². The van der Waals surface area contributed by atoms with Crippen molar-refractivity contribution < 1.29 is 22.7 Å². The third-order valence-electron chi connectivity index (χ3n) is 4.80. The summed E-state index contributed by atoms with van der Waals surface area (Å²) in [5.41, 5.74) is 0.575. The largest absolute Gasteiger partial charge is 0.494 e. The van der Waals surface area contributed by atoms with Crippen molar-refractivity contribution in [3.63, 3.8) is 0 Å². The number of rotatable bonds is 7. The third-order valence-corrected chi connectivity index (χ3v) is 6.10. The number of para-hydroxylation sites is 2. The molecule has 0 aliphatic carbocycles. The lowest BCUT2D eigenvalue weighted by atomic mass is 10.2. The number of nitrogens with one attached hydrogen (secondary N) is 2. The van der Waals surface area contributed by atoms with Gasteiger partial charge >= 0.3 is 0 Å². The monoisotopic (exact) mass is 443 g/mol. The Bertz CT molecular complexity index is 1170. The average Bonchev–Trinajstić information content (AvgIpc) is 3.45. The number of hydrogen-bond acceptors (Lipinski definition) is 8. The van der Waals surface area contributed by atoms with Crippen LogP contribution in [0.4, 0.5) is 0 Å². The molecule has 3 aromatic rings. The molecule has 2 atom stereocenters. The predicted octanol–water partition coefficient (Wildman–Crippen LogP) is 0.890. The number of hydrogen-bond donors (Lipinski definition) is 2. The van der Waals surface area contributed by atoms with Gasteiger partial charge in [0, 0.05) is 25.4 Å². The SMILES string of the molecule is COc1ccccc1-n1cc(S(=O)(=O)NC(=O)[C@@H]2C[C@H](Oc3ccncc3)CN2)cn1. The second-order valence-electron chi connectivity index (χ2n) is 6.88. The number of benzene rings is 1. The van der Waals surface area contributed by atoms with Gasteiger partial charge in [0.2, 0.25) is 0 Å². The highest BCUT2D eigenvalue weighted by Gasteiger charge is 2.33. The van der Waals surface area contributed by atoms with Gasteiger partial charge in [0.15, 0.2) is 0 Å². The van der Waals surface area contributed by atoms with Gasteiger partial charge < -0.3 is 14.8 Å². The maximum atomic E-state index is 12.7. The number of aromatic nitrogens is 3. The Hall–Kier alpha value is -3.44. The smallest absolute Gasteiger partial charge is 0.267 e. The molecule has 0 saturated carbocycles. The van der Waals surface area contributed by atoms with Gasteiger partial charge in [-0.15, -0.1) is 0 Å². The van der Waals surface area contributed by atoms with Crippen molar-refractivity contribution in [1.29, 1.82) is 0 Å². The third kappa shape index (κ3) is 4.67. The van der Waals surface area contributed by atoms with Crippen molar-refractivity contribution in [2.75, 3.05) is 13.7 Å². The van der Waals surface area contributed by atoms with E-state index in [9.17, 15) is 13.2 Å². The molecule has 2 aromatic heterocycles. The topological polar surface area (TPSA) is 124 Å². The molecule has 10 nitrogen and oxygen atoms in total. The van der Waals surface area contributed by atoms with Crippen LogP contribution >= 0.6 is 0 Å². The van der Waals surface area contributed by atoms with Gasteiger partial charge in [-0.2, -0.15) is 5.10 Å². The summed E-state index contributed by atoms with van der Waals surface area (Å²) in [5.74, 6) is 0.527. The second kappa shape index (κ2) is 8.74. The molecule has 2 N–H and O–H groups in total. The first-order valence-corrected chi connectivity index (χ1v) is 11.0. The maximum Gasteiger partial charge on any atom is 0.267 e. The first-order chi connectivity index (χ1) is 15.0. The summed E-state index contributed by atoms with van der Waals surface area (Å²) >= 11 is 0. The van der Waals surface area contributed by atoms with Gasteiger partial charge in [0.05, 0.1) is 25.5 Å². The minimum absolute atomic E-state index is 0.130. The number of ether oxygens (including phenoxy) is 2. The fraction of sp³-hybridized carbons (Fsp3) is 0.250. The maximum absolute atomic E-state index is 12.7. The van der Waals surface area contributed by atoms with Crippen molar-refractivity contribution in [2.24, 2.45) is 0 Å². The van der Waals surface area contributed by atoms with Crippen LogP contribution in [0, 0.1) is 0 Å². The molecule has 0 radical (unpaired) electrons. The molecule has 3 heterocycles. The predicted molar refractivity (Wildman–Crippen MR) is 111 cm³/mol. The summed E-state index contributed by atoms with van der Waals surface area (Å²) in [6.45, 7) is 0.423. The Morgan fingerprint density at radius 2 is 2.00 bits per heavy atom.